The van der Waals surface area contributed by atoms with Crippen molar-refractivity contribution in [3.63, 3.8) is 0 Å². The second-order valence-electron chi connectivity index (χ2n) is 4.85. The minimum absolute atomic E-state index is 0.0353. The average Bonchev–Trinajstić information content (AvgIpc) is 2.61. The topological polar surface area (TPSA) is 93.8 Å². The SMILES string of the molecule is CC/C(=N\NC(=O)COc1ccc([N+](=O)[O-])cc1)c1ccccc1. The first-order valence-electron chi connectivity index (χ1n) is 7.38. The van der Waals surface area contributed by atoms with E-state index in [0.29, 0.717) is 12.2 Å². The Morgan fingerprint density at radius 1 is 1.17 bits per heavy atom. The number of benzene rings is 2. The largest absolute Gasteiger partial charge is 0.484 e. The fraction of sp³-hybridized carbons (Fsp3) is 0.176. The summed E-state index contributed by atoms with van der Waals surface area (Å²) in [5.41, 5.74) is 4.12. The Morgan fingerprint density at radius 3 is 2.42 bits per heavy atom. The number of hydrogen-bond donors (Lipinski definition) is 1. The van der Waals surface area contributed by atoms with E-state index in [1.54, 1.807) is 0 Å². The van der Waals surface area contributed by atoms with Gasteiger partial charge in [-0.2, -0.15) is 5.10 Å². The lowest BCUT2D eigenvalue weighted by Crippen LogP contribution is -2.26. The molecule has 24 heavy (non-hydrogen) atoms. The molecule has 2 rings (SSSR count). The highest BCUT2D eigenvalue weighted by molar-refractivity contribution is 6.00. The van der Waals surface area contributed by atoms with Crippen LogP contribution in [0, 0.1) is 10.1 Å². The Morgan fingerprint density at radius 2 is 1.83 bits per heavy atom. The van der Waals surface area contributed by atoms with Crippen molar-refractivity contribution in [2.45, 2.75) is 13.3 Å². The number of carbonyl (C=O) groups is 1. The van der Waals surface area contributed by atoms with Gasteiger partial charge < -0.3 is 4.74 Å². The number of nitro groups is 1. The van der Waals surface area contributed by atoms with Gasteiger partial charge in [0.05, 0.1) is 10.6 Å². The monoisotopic (exact) mass is 327 g/mol. The lowest BCUT2D eigenvalue weighted by Gasteiger charge is -2.07. The first-order chi connectivity index (χ1) is 11.6. The molecule has 0 bridgehead atoms. The molecule has 0 spiro atoms. The predicted molar refractivity (Wildman–Crippen MR) is 90.0 cm³/mol. The Balaban J connectivity index is 1.88. The van der Waals surface area contributed by atoms with Crippen LogP contribution in [-0.4, -0.2) is 23.1 Å². The van der Waals surface area contributed by atoms with Gasteiger partial charge in [-0.05, 0) is 24.1 Å². The summed E-state index contributed by atoms with van der Waals surface area (Å²) < 4.78 is 5.27. The number of amides is 1. The Labute approximate surface area is 139 Å². The molecule has 1 N–H and O–H groups in total. The number of hydrazone groups is 1. The molecule has 0 aliphatic heterocycles. The Hall–Kier alpha value is -3.22. The molecule has 2 aromatic rings. The summed E-state index contributed by atoms with van der Waals surface area (Å²) in [5.74, 6) is -0.0336. The molecule has 0 heterocycles. The number of ether oxygens (including phenoxy) is 1. The van der Waals surface area contributed by atoms with Gasteiger partial charge in [-0.1, -0.05) is 37.3 Å². The number of nitro benzene ring substituents is 1. The molecule has 7 heteroatoms. The molecule has 0 fully saturated rings. The molecule has 0 radical (unpaired) electrons. The van der Waals surface area contributed by atoms with Crippen LogP contribution in [0.2, 0.25) is 0 Å². The molecule has 7 nitrogen and oxygen atoms in total. The first kappa shape index (κ1) is 17.1. The summed E-state index contributed by atoms with van der Waals surface area (Å²) >= 11 is 0. The van der Waals surface area contributed by atoms with E-state index in [-0.39, 0.29) is 12.3 Å². The number of rotatable bonds is 7. The number of hydrogen-bond acceptors (Lipinski definition) is 5. The van der Waals surface area contributed by atoms with Crippen LogP contribution in [0.3, 0.4) is 0 Å². The quantitative estimate of drug-likeness (QED) is 0.480. The second-order valence-corrected chi connectivity index (χ2v) is 4.85. The molecule has 0 aromatic heterocycles. The van der Waals surface area contributed by atoms with Crippen LogP contribution in [-0.2, 0) is 4.79 Å². The van der Waals surface area contributed by atoms with Gasteiger partial charge in [-0.15, -0.1) is 0 Å². The maximum Gasteiger partial charge on any atom is 0.277 e. The molecule has 1 amide bonds. The molecule has 0 atom stereocenters. The predicted octanol–water partition coefficient (Wildman–Crippen LogP) is 2.90. The van der Waals surface area contributed by atoms with Gasteiger partial charge in [-0.25, -0.2) is 5.43 Å². The van der Waals surface area contributed by atoms with Crippen LogP contribution in [0.1, 0.15) is 18.9 Å². The first-order valence-corrected chi connectivity index (χ1v) is 7.38. The van der Waals surface area contributed by atoms with Gasteiger partial charge in [0, 0.05) is 12.1 Å². The highest BCUT2D eigenvalue weighted by Crippen LogP contribution is 2.17. The standard InChI is InChI=1S/C17H17N3O4/c1-2-16(13-6-4-3-5-7-13)18-19-17(21)12-24-15-10-8-14(9-11-15)20(22)23/h3-11H,2,12H2,1H3,(H,19,21)/b18-16+. The fourth-order valence-electron chi connectivity index (χ4n) is 1.95. The van der Waals surface area contributed by atoms with Gasteiger partial charge in [0.2, 0.25) is 0 Å². The third-order valence-electron chi connectivity index (χ3n) is 3.17. The van der Waals surface area contributed by atoms with Crippen LogP contribution in [0.5, 0.6) is 5.75 Å². The number of nitrogens with zero attached hydrogens (tertiary/aromatic N) is 2. The summed E-state index contributed by atoms with van der Waals surface area (Å²) in [6, 6.07) is 15.1. The van der Waals surface area contributed by atoms with Crippen molar-refractivity contribution in [2.24, 2.45) is 5.10 Å². The normalized spacial score (nSPS) is 11.0. The summed E-state index contributed by atoms with van der Waals surface area (Å²) in [5, 5.41) is 14.7. The Bertz CT molecular complexity index is 727. The number of non-ortho nitro benzene ring substituents is 1. The van der Waals surface area contributed by atoms with Crippen molar-refractivity contribution < 1.29 is 14.5 Å². The molecule has 2 aromatic carbocycles. The minimum Gasteiger partial charge on any atom is -0.484 e. The van der Waals surface area contributed by atoms with Gasteiger partial charge >= 0.3 is 0 Å². The van der Waals surface area contributed by atoms with Crippen molar-refractivity contribution in [1.29, 1.82) is 0 Å². The van der Waals surface area contributed by atoms with Crippen LogP contribution >= 0.6 is 0 Å². The highest BCUT2D eigenvalue weighted by atomic mass is 16.6. The molecule has 0 aliphatic rings. The van der Waals surface area contributed by atoms with E-state index < -0.39 is 10.8 Å². The molecular weight excluding hydrogens is 310 g/mol. The van der Waals surface area contributed by atoms with Crippen LogP contribution in [0.25, 0.3) is 0 Å². The van der Waals surface area contributed by atoms with Gasteiger partial charge in [0.25, 0.3) is 11.6 Å². The van der Waals surface area contributed by atoms with Crippen molar-refractivity contribution in [3.8, 4) is 5.75 Å². The van der Waals surface area contributed by atoms with Crippen LogP contribution < -0.4 is 10.2 Å². The van der Waals surface area contributed by atoms with E-state index in [1.807, 2.05) is 37.3 Å². The lowest BCUT2D eigenvalue weighted by molar-refractivity contribution is -0.384. The highest BCUT2D eigenvalue weighted by Gasteiger charge is 2.07. The van der Waals surface area contributed by atoms with Gasteiger partial charge in [0.1, 0.15) is 5.75 Å². The van der Waals surface area contributed by atoms with E-state index in [0.717, 1.165) is 11.3 Å². The fourth-order valence-corrected chi connectivity index (χ4v) is 1.95. The third-order valence-corrected chi connectivity index (χ3v) is 3.17. The third kappa shape index (κ3) is 4.91. The van der Waals surface area contributed by atoms with Gasteiger partial charge in [0.15, 0.2) is 6.61 Å². The second kappa shape index (κ2) is 8.42. The zero-order chi connectivity index (χ0) is 17.4. The summed E-state index contributed by atoms with van der Waals surface area (Å²) in [6.45, 7) is 1.72. The summed E-state index contributed by atoms with van der Waals surface area (Å²) in [6.07, 6.45) is 0.674. The maximum absolute atomic E-state index is 11.8. The zero-order valence-corrected chi connectivity index (χ0v) is 13.1. The zero-order valence-electron chi connectivity index (χ0n) is 13.1. The molecule has 124 valence electrons. The smallest absolute Gasteiger partial charge is 0.277 e. The van der Waals surface area contributed by atoms with Gasteiger partial charge in [-0.3, -0.25) is 14.9 Å². The molecular formula is C17H17N3O4. The van der Waals surface area contributed by atoms with E-state index in [9.17, 15) is 14.9 Å². The average molecular weight is 327 g/mol. The lowest BCUT2D eigenvalue weighted by atomic mass is 10.1. The van der Waals surface area contributed by atoms with Crippen molar-refractivity contribution in [3.05, 3.63) is 70.3 Å². The van der Waals surface area contributed by atoms with E-state index in [4.69, 9.17) is 4.74 Å². The molecule has 0 saturated heterocycles. The van der Waals surface area contributed by atoms with E-state index in [1.165, 1.54) is 24.3 Å². The minimum atomic E-state index is -0.499. The maximum atomic E-state index is 11.8. The summed E-state index contributed by atoms with van der Waals surface area (Å²) in [7, 11) is 0. The van der Waals surface area contributed by atoms with Crippen LogP contribution in [0.15, 0.2) is 59.7 Å². The molecule has 0 saturated carbocycles. The van der Waals surface area contributed by atoms with Crippen molar-refractivity contribution in [2.75, 3.05) is 6.61 Å². The van der Waals surface area contributed by atoms with E-state index >= 15 is 0 Å². The summed E-state index contributed by atoms with van der Waals surface area (Å²) in [4.78, 5) is 21.9. The van der Waals surface area contributed by atoms with E-state index in [2.05, 4.69) is 10.5 Å². The number of carbonyl (C=O) groups excluding carboxylic acids is 1. The number of nitrogens with one attached hydrogen (secondary N) is 1. The van der Waals surface area contributed by atoms with Crippen molar-refractivity contribution >= 4 is 17.3 Å². The molecule has 0 unspecified atom stereocenters. The van der Waals surface area contributed by atoms with Crippen molar-refractivity contribution in [1.82, 2.24) is 5.43 Å². The molecule has 0 aliphatic carbocycles. The van der Waals surface area contributed by atoms with Crippen LogP contribution in [0.4, 0.5) is 5.69 Å². The Kier molecular flexibility index (Phi) is 6.01.